The Labute approximate surface area is 92.0 Å². The van der Waals surface area contributed by atoms with E-state index in [1.165, 1.54) is 13.5 Å². The first kappa shape index (κ1) is 12.5. The van der Waals surface area contributed by atoms with Crippen molar-refractivity contribution in [2.45, 2.75) is 32.2 Å². The van der Waals surface area contributed by atoms with Crippen molar-refractivity contribution in [1.82, 2.24) is 10.2 Å². The Balaban J connectivity index is 2.18. The summed E-state index contributed by atoms with van der Waals surface area (Å²) in [6, 6.07) is 0.660. The average Bonchev–Trinajstić information content (AvgIpc) is 2.77. The van der Waals surface area contributed by atoms with Crippen LogP contribution in [-0.4, -0.2) is 50.2 Å². The van der Waals surface area contributed by atoms with Crippen LogP contribution in [0.2, 0.25) is 0 Å². The van der Waals surface area contributed by atoms with Crippen molar-refractivity contribution in [1.29, 1.82) is 0 Å². The summed E-state index contributed by atoms with van der Waals surface area (Å²) in [5, 5.41) is 3.36. The maximum Gasteiger partial charge on any atom is 0.305 e. The number of hydrogen-bond acceptors (Lipinski definition) is 4. The van der Waals surface area contributed by atoms with Gasteiger partial charge < -0.3 is 10.1 Å². The average molecular weight is 214 g/mol. The number of rotatable bonds is 6. The van der Waals surface area contributed by atoms with Crippen molar-refractivity contribution < 1.29 is 9.53 Å². The lowest BCUT2D eigenvalue weighted by Gasteiger charge is -2.26. The summed E-state index contributed by atoms with van der Waals surface area (Å²) in [6.07, 6.45) is 2.66. The minimum absolute atomic E-state index is 0.101. The van der Waals surface area contributed by atoms with E-state index < -0.39 is 0 Å². The molecule has 4 nitrogen and oxygen atoms in total. The van der Waals surface area contributed by atoms with E-state index in [1.54, 1.807) is 0 Å². The molecule has 0 aromatic heterocycles. The molecule has 1 heterocycles. The minimum Gasteiger partial charge on any atom is -0.469 e. The van der Waals surface area contributed by atoms with Gasteiger partial charge in [-0.25, -0.2) is 0 Å². The summed E-state index contributed by atoms with van der Waals surface area (Å²) in [5.41, 5.74) is 0. The van der Waals surface area contributed by atoms with Crippen LogP contribution >= 0.6 is 0 Å². The molecule has 1 aliphatic rings. The van der Waals surface area contributed by atoms with Gasteiger partial charge in [0, 0.05) is 19.0 Å². The van der Waals surface area contributed by atoms with Crippen LogP contribution in [-0.2, 0) is 9.53 Å². The van der Waals surface area contributed by atoms with Gasteiger partial charge in [0.15, 0.2) is 0 Å². The van der Waals surface area contributed by atoms with Crippen molar-refractivity contribution >= 4 is 5.97 Å². The molecule has 0 aromatic rings. The van der Waals surface area contributed by atoms with Crippen LogP contribution in [0, 0.1) is 0 Å². The lowest BCUT2D eigenvalue weighted by atomic mass is 10.2. The zero-order valence-corrected chi connectivity index (χ0v) is 9.79. The highest BCUT2D eigenvalue weighted by molar-refractivity contribution is 5.69. The Hall–Kier alpha value is -0.610. The Morgan fingerprint density at radius 2 is 2.40 bits per heavy atom. The number of nitrogens with zero attached hydrogens (tertiary/aromatic N) is 1. The van der Waals surface area contributed by atoms with E-state index in [-0.39, 0.29) is 5.97 Å². The number of likely N-dealkylation sites (N-methyl/N-ethyl adjacent to an activating group) is 1. The number of hydrogen-bond donors (Lipinski definition) is 1. The number of methoxy groups -OCH3 is 1. The van der Waals surface area contributed by atoms with Gasteiger partial charge in [-0.1, -0.05) is 6.92 Å². The molecule has 0 spiro atoms. The summed E-state index contributed by atoms with van der Waals surface area (Å²) in [4.78, 5) is 13.4. The third-order valence-corrected chi connectivity index (χ3v) is 3.01. The largest absolute Gasteiger partial charge is 0.469 e. The zero-order chi connectivity index (χ0) is 11.1. The van der Waals surface area contributed by atoms with Crippen molar-refractivity contribution in [2.24, 2.45) is 0 Å². The second-order valence-electron chi connectivity index (χ2n) is 3.95. The van der Waals surface area contributed by atoms with E-state index in [0.717, 1.165) is 32.6 Å². The third-order valence-electron chi connectivity index (χ3n) is 3.01. The monoisotopic (exact) mass is 214 g/mol. The molecular formula is C11H22N2O2. The van der Waals surface area contributed by atoms with Crippen molar-refractivity contribution in [3.63, 3.8) is 0 Å². The Morgan fingerprint density at radius 1 is 1.60 bits per heavy atom. The molecule has 0 amide bonds. The summed E-state index contributed by atoms with van der Waals surface area (Å²) in [5.74, 6) is -0.101. The van der Waals surface area contributed by atoms with Crippen LogP contribution in [0.1, 0.15) is 26.2 Å². The molecule has 1 unspecified atom stereocenters. The fourth-order valence-electron chi connectivity index (χ4n) is 2.08. The summed E-state index contributed by atoms with van der Waals surface area (Å²) >= 11 is 0. The molecule has 4 heteroatoms. The summed E-state index contributed by atoms with van der Waals surface area (Å²) in [6.45, 7) is 6.45. The topological polar surface area (TPSA) is 41.6 Å². The maximum atomic E-state index is 10.9. The molecule has 15 heavy (non-hydrogen) atoms. The van der Waals surface area contributed by atoms with Crippen LogP contribution in [0.4, 0.5) is 0 Å². The number of esters is 1. The van der Waals surface area contributed by atoms with Gasteiger partial charge in [-0.05, 0) is 32.5 Å². The van der Waals surface area contributed by atoms with Crippen LogP contribution in [0.3, 0.4) is 0 Å². The molecule has 1 rings (SSSR count). The second-order valence-corrected chi connectivity index (χ2v) is 3.95. The van der Waals surface area contributed by atoms with Gasteiger partial charge in [-0.15, -0.1) is 0 Å². The summed E-state index contributed by atoms with van der Waals surface area (Å²) in [7, 11) is 1.45. The predicted molar refractivity (Wildman–Crippen MR) is 59.8 cm³/mol. The predicted octanol–water partition coefficient (Wildman–Crippen LogP) is 0.623. The van der Waals surface area contributed by atoms with E-state index in [2.05, 4.69) is 21.9 Å². The van der Waals surface area contributed by atoms with Gasteiger partial charge in [0.1, 0.15) is 0 Å². The maximum absolute atomic E-state index is 10.9. The number of nitrogens with one attached hydrogen (secondary N) is 1. The molecule has 0 saturated carbocycles. The third kappa shape index (κ3) is 4.18. The molecule has 1 aliphatic heterocycles. The lowest BCUT2D eigenvalue weighted by molar-refractivity contribution is -0.140. The quantitative estimate of drug-likeness (QED) is 0.658. The molecule has 88 valence electrons. The van der Waals surface area contributed by atoms with Crippen molar-refractivity contribution in [3.05, 3.63) is 0 Å². The molecule has 1 fully saturated rings. The molecule has 0 aliphatic carbocycles. The molecule has 1 N–H and O–H groups in total. The Bertz CT molecular complexity index is 191. The highest BCUT2D eigenvalue weighted by atomic mass is 16.5. The Morgan fingerprint density at radius 3 is 2.93 bits per heavy atom. The van der Waals surface area contributed by atoms with E-state index in [4.69, 9.17) is 0 Å². The first-order chi connectivity index (χ1) is 7.27. The first-order valence-corrected chi connectivity index (χ1v) is 5.79. The molecular weight excluding hydrogens is 192 g/mol. The molecule has 1 saturated heterocycles. The molecule has 0 bridgehead atoms. The minimum atomic E-state index is -0.101. The van der Waals surface area contributed by atoms with Gasteiger partial charge in [-0.2, -0.15) is 0 Å². The first-order valence-electron chi connectivity index (χ1n) is 5.79. The highest BCUT2D eigenvalue weighted by Crippen LogP contribution is 2.09. The van der Waals surface area contributed by atoms with Gasteiger partial charge in [0.2, 0.25) is 0 Å². The van der Waals surface area contributed by atoms with Crippen molar-refractivity contribution in [3.8, 4) is 0 Å². The number of ether oxygens (including phenoxy) is 1. The highest BCUT2D eigenvalue weighted by Gasteiger charge is 2.20. The van der Waals surface area contributed by atoms with Crippen LogP contribution in [0.5, 0.6) is 0 Å². The second kappa shape index (κ2) is 6.80. The standard InChI is InChI=1S/C11H22N2O2/c1-3-13(10-6-7-12-9-10)8-4-5-11(14)15-2/h10,12H,3-9H2,1-2H3. The van der Waals surface area contributed by atoms with E-state index in [0.29, 0.717) is 12.5 Å². The normalized spacial score (nSPS) is 20.9. The molecule has 1 atom stereocenters. The van der Waals surface area contributed by atoms with E-state index in [9.17, 15) is 4.79 Å². The van der Waals surface area contributed by atoms with Gasteiger partial charge in [0.25, 0.3) is 0 Å². The molecule has 0 aromatic carbocycles. The number of carbonyl (C=O) groups excluding carboxylic acids is 1. The lowest BCUT2D eigenvalue weighted by Crippen LogP contribution is -2.37. The number of carbonyl (C=O) groups is 1. The summed E-state index contributed by atoms with van der Waals surface area (Å²) < 4.78 is 4.62. The zero-order valence-electron chi connectivity index (χ0n) is 9.79. The van der Waals surface area contributed by atoms with Crippen LogP contribution in [0.25, 0.3) is 0 Å². The fourth-order valence-corrected chi connectivity index (χ4v) is 2.08. The van der Waals surface area contributed by atoms with E-state index in [1.807, 2.05) is 0 Å². The van der Waals surface area contributed by atoms with Crippen LogP contribution < -0.4 is 5.32 Å². The smallest absolute Gasteiger partial charge is 0.305 e. The SMILES string of the molecule is CCN(CCCC(=O)OC)C1CCNC1. The van der Waals surface area contributed by atoms with Gasteiger partial charge in [-0.3, -0.25) is 9.69 Å². The Kier molecular flexibility index (Phi) is 5.65. The fraction of sp³-hybridized carbons (Fsp3) is 0.909. The van der Waals surface area contributed by atoms with Gasteiger partial charge >= 0.3 is 5.97 Å². The van der Waals surface area contributed by atoms with Gasteiger partial charge in [0.05, 0.1) is 7.11 Å². The van der Waals surface area contributed by atoms with Crippen molar-refractivity contribution in [2.75, 3.05) is 33.3 Å². The van der Waals surface area contributed by atoms with E-state index >= 15 is 0 Å². The molecule has 0 radical (unpaired) electrons. The van der Waals surface area contributed by atoms with Crippen LogP contribution in [0.15, 0.2) is 0 Å².